The van der Waals surface area contributed by atoms with Crippen molar-refractivity contribution in [3.8, 4) is 5.75 Å². The van der Waals surface area contributed by atoms with E-state index >= 15 is 0 Å². The minimum Gasteiger partial charge on any atom is -0.496 e. The van der Waals surface area contributed by atoms with Gasteiger partial charge in [0.2, 0.25) is 0 Å². The predicted octanol–water partition coefficient (Wildman–Crippen LogP) is 3.85. The van der Waals surface area contributed by atoms with Crippen molar-refractivity contribution in [1.82, 2.24) is 9.97 Å². The first-order chi connectivity index (χ1) is 13.1. The Hall–Kier alpha value is -3.61. The molecule has 7 nitrogen and oxygen atoms in total. The molecule has 0 spiro atoms. The Bertz CT molecular complexity index is 959. The highest BCUT2D eigenvalue weighted by molar-refractivity contribution is 5.95. The Morgan fingerprint density at radius 3 is 2.56 bits per heavy atom. The first kappa shape index (κ1) is 18.2. The van der Waals surface area contributed by atoms with Crippen molar-refractivity contribution in [3.63, 3.8) is 0 Å². The summed E-state index contributed by atoms with van der Waals surface area (Å²) in [4.78, 5) is 20.1. The fraction of sp³-hybridized carbons (Fsp3) is 0.150. The topological polar surface area (TPSA) is 96.4 Å². The fourth-order valence-corrected chi connectivity index (χ4v) is 2.67. The molecule has 0 saturated carbocycles. The van der Waals surface area contributed by atoms with Gasteiger partial charge < -0.3 is 20.5 Å². The Labute approximate surface area is 157 Å². The number of anilines is 3. The standard InChI is InChI=1S/C20H20N4O3/c1-13-22-18(21-12-14-7-3-6-10-17(14)27-2)11-19(23-13)24-16-9-5-4-8-15(16)20(25)26/h3-11H,12H2,1-2H3,(H,25,26)(H2,21,22,23,24). The summed E-state index contributed by atoms with van der Waals surface area (Å²) in [5.74, 6) is 1.50. The molecule has 0 atom stereocenters. The van der Waals surface area contributed by atoms with Gasteiger partial charge in [-0.2, -0.15) is 0 Å². The predicted molar refractivity (Wildman–Crippen MR) is 104 cm³/mol. The minimum absolute atomic E-state index is 0.178. The van der Waals surface area contributed by atoms with Crippen molar-refractivity contribution in [2.45, 2.75) is 13.5 Å². The monoisotopic (exact) mass is 364 g/mol. The van der Waals surface area contributed by atoms with Crippen LogP contribution in [0.1, 0.15) is 21.7 Å². The molecule has 2 aromatic carbocycles. The molecule has 0 fully saturated rings. The van der Waals surface area contributed by atoms with Crippen molar-refractivity contribution in [3.05, 3.63) is 71.5 Å². The van der Waals surface area contributed by atoms with Gasteiger partial charge in [0.05, 0.1) is 18.4 Å². The van der Waals surface area contributed by atoms with Crippen LogP contribution >= 0.6 is 0 Å². The van der Waals surface area contributed by atoms with E-state index in [1.807, 2.05) is 24.3 Å². The summed E-state index contributed by atoms with van der Waals surface area (Å²) in [5.41, 5.74) is 1.65. The maximum Gasteiger partial charge on any atom is 0.337 e. The molecule has 27 heavy (non-hydrogen) atoms. The van der Waals surface area contributed by atoms with Crippen molar-refractivity contribution >= 4 is 23.3 Å². The molecule has 3 aromatic rings. The van der Waals surface area contributed by atoms with Gasteiger partial charge in [-0.25, -0.2) is 14.8 Å². The van der Waals surface area contributed by atoms with Gasteiger partial charge in [0.15, 0.2) is 0 Å². The number of hydrogen-bond donors (Lipinski definition) is 3. The number of methoxy groups -OCH3 is 1. The van der Waals surface area contributed by atoms with Crippen LogP contribution < -0.4 is 15.4 Å². The first-order valence-corrected chi connectivity index (χ1v) is 8.37. The van der Waals surface area contributed by atoms with Gasteiger partial charge >= 0.3 is 5.97 Å². The van der Waals surface area contributed by atoms with Gasteiger partial charge in [0, 0.05) is 18.2 Å². The van der Waals surface area contributed by atoms with Gasteiger partial charge in [-0.1, -0.05) is 30.3 Å². The summed E-state index contributed by atoms with van der Waals surface area (Å²) in [6, 6.07) is 16.2. The number of aromatic carboxylic acids is 1. The van der Waals surface area contributed by atoms with E-state index in [0.29, 0.717) is 29.7 Å². The van der Waals surface area contributed by atoms with Crippen molar-refractivity contribution in [1.29, 1.82) is 0 Å². The van der Waals surface area contributed by atoms with E-state index in [2.05, 4.69) is 20.6 Å². The lowest BCUT2D eigenvalue weighted by atomic mass is 10.2. The van der Waals surface area contributed by atoms with Crippen molar-refractivity contribution < 1.29 is 14.6 Å². The third-order valence-electron chi connectivity index (χ3n) is 3.91. The number of para-hydroxylation sites is 2. The molecule has 138 valence electrons. The SMILES string of the molecule is COc1ccccc1CNc1cc(Nc2ccccc2C(=O)O)nc(C)n1. The molecule has 0 aliphatic heterocycles. The summed E-state index contributed by atoms with van der Waals surface area (Å²) in [7, 11) is 1.63. The first-order valence-electron chi connectivity index (χ1n) is 8.37. The Morgan fingerprint density at radius 2 is 1.78 bits per heavy atom. The molecule has 1 aromatic heterocycles. The minimum atomic E-state index is -1.00. The van der Waals surface area contributed by atoms with E-state index in [9.17, 15) is 9.90 Å². The molecular weight excluding hydrogens is 344 g/mol. The van der Waals surface area contributed by atoms with Crippen molar-refractivity contribution in [2.75, 3.05) is 17.7 Å². The molecule has 0 unspecified atom stereocenters. The molecule has 7 heteroatoms. The number of carbonyl (C=O) groups is 1. The zero-order chi connectivity index (χ0) is 19.2. The summed E-state index contributed by atoms with van der Waals surface area (Å²) in [5, 5.41) is 15.6. The van der Waals surface area contributed by atoms with Crippen LogP contribution in [0.15, 0.2) is 54.6 Å². The fourth-order valence-electron chi connectivity index (χ4n) is 2.67. The van der Waals surface area contributed by atoms with Crippen LogP contribution in [0.25, 0.3) is 0 Å². The average Bonchev–Trinajstić information content (AvgIpc) is 2.66. The van der Waals surface area contributed by atoms with E-state index in [1.165, 1.54) is 0 Å². The highest BCUT2D eigenvalue weighted by atomic mass is 16.5. The second-order valence-corrected chi connectivity index (χ2v) is 5.83. The molecule has 0 bridgehead atoms. The van der Waals surface area contributed by atoms with E-state index in [0.717, 1.165) is 11.3 Å². The average molecular weight is 364 g/mol. The van der Waals surface area contributed by atoms with Crippen molar-refractivity contribution in [2.24, 2.45) is 0 Å². The molecule has 0 aliphatic carbocycles. The van der Waals surface area contributed by atoms with Crippen LogP contribution in [0, 0.1) is 6.92 Å². The van der Waals surface area contributed by atoms with E-state index < -0.39 is 5.97 Å². The number of ether oxygens (including phenoxy) is 1. The quantitative estimate of drug-likeness (QED) is 0.586. The molecular formula is C20H20N4O3. The highest BCUT2D eigenvalue weighted by Gasteiger charge is 2.11. The van der Waals surface area contributed by atoms with Gasteiger partial charge in [0.25, 0.3) is 0 Å². The van der Waals surface area contributed by atoms with Gasteiger partial charge in [-0.3, -0.25) is 0 Å². The second-order valence-electron chi connectivity index (χ2n) is 5.83. The number of nitrogens with zero attached hydrogens (tertiary/aromatic N) is 2. The summed E-state index contributed by atoms with van der Waals surface area (Å²) < 4.78 is 5.36. The number of carboxylic acids is 1. The molecule has 0 radical (unpaired) electrons. The molecule has 0 aliphatic rings. The molecule has 3 rings (SSSR count). The van der Waals surface area contributed by atoms with Gasteiger partial charge in [-0.05, 0) is 25.1 Å². The number of aromatic nitrogens is 2. The molecule has 0 saturated heterocycles. The number of rotatable bonds is 7. The Morgan fingerprint density at radius 1 is 1.07 bits per heavy atom. The summed E-state index contributed by atoms with van der Waals surface area (Å²) in [6.45, 7) is 2.31. The number of hydrogen-bond acceptors (Lipinski definition) is 6. The van der Waals surface area contributed by atoms with Crippen LogP contribution in [0.4, 0.5) is 17.3 Å². The smallest absolute Gasteiger partial charge is 0.337 e. The van der Waals surface area contributed by atoms with E-state index in [1.54, 1.807) is 44.4 Å². The van der Waals surface area contributed by atoms with Crippen LogP contribution in [0.3, 0.4) is 0 Å². The van der Waals surface area contributed by atoms with E-state index in [4.69, 9.17) is 4.74 Å². The van der Waals surface area contributed by atoms with E-state index in [-0.39, 0.29) is 5.56 Å². The Kier molecular flexibility index (Phi) is 5.51. The molecule has 0 amide bonds. The normalized spacial score (nSPS) is 10.3. The number of carboxylic acid groups (broad SMARTS) is 1. The third kappa shape index (κ3) is 4.52. The van der Waals surface area contributed by atoms with Gasteiger partial charge in [0.1, 0.15) is 23.2 Å². The second kappa shape index (κ2) is 8.18. The van der Waals surface area contributed by atoms with Crippen LogP contribution in [0.5, 0.6) is 5.75 Å². The zero-order valence-electron chi connectivity index (χ0n) is 15.1. The summed E-state index contributed by atoms with van der Waals surface area (Å²) >= 11 is 0. The lowest BCUT2D eigenvalue weighted by Crippen LogP contribution is -2.07. The molecule has 3 N–H and O–H groups in total. The maximum absolute atomic E-state index is 11.4. The van der Waals surface area contributed by atoms with Gasteiger partial charge in [-0.15, -0.1) is 0 Å². The number of benzene rings is 2. The molecule has 1 heterocycles. The number of nitrogens with one attached hydrogen (secondary N) is 2. The maximum atomic E-state index is 11.4. The number of aryl methyl sites for hydroxylation is 1. The van der Waals surface area contributed by atoms with Crippen LogP contribution in [0.2, 0.25) is 0 Å². The lowest BCUT2D eigenvalue weighted by Gasteiger charge is -2.13. The largest absolute Gasteiger partial charge is 0.496 e. The lowest BCUT2D eigenvalue weighted by molar-refractivity contribution is 0.0698. The third-order valence-corrected chi connectivity index (χ3v) is 3.91. The summed E-state index contributed by atoms with van der Waals surface area (Å²) in [6.07, 6.45) is 0. The van der Waals surface area contributed by atoms with Crippen LogP contribution in [-0.4, -0.2) is 28.2 Å². The van der Waals surface area contributed by atoms with Crippen LogP contribution in [-0.2, 0) is 6.54 Å². The Balaban J connectivity index is 1.80. The highest BCUT2D eigenvalue weighted by Crippen LogP contribution is 2.23. The zero-order valence-corrected chi connectivity index (χ0v) is 15.1.